The lowest BCUT2D eigenvalue weighted by Gasteiger charge is -2.06. The lowest BCUT2D eigenvalue weighted by atomic mass is 10.2. The highest BCUT2D eigenvalue weighted by Gasteiger charge is 2.15. The monoisotopic (exact) mass is 414 g/mol. The van der Waals surface area contributed by atoms with E-state index in [9.17, 15) is 9.59 Å². The zero-order chi connectivity index (χ0) is 20.8. The van der Waals surface area contributed by atoms with Crippen LogP contribution in [0.3, 0.4) is 0 Å². The van der Waals surface area contributed by atoms with Gasteiger partial charge in [-0.3, -0.25) is 14.0 Å². The summed E-state index contributed by atoms with van der Waals surface area (Å²) in [6.07, 6.45) is 4.69. The van der Waals surface area contributed by atoms with Crippen LogP contribution in [0, 0.1) is 6.92 Å². The van der Waals surface area contributed by atoms with E-state index < -0.39 is 0 Å². The molecule has 29 heavy (non-hydrogen) atoms. The van der Waals surface area contributed by atoms with Crippen molar-refractivity contribution in [3.05, 3.63) is 40.8 Å². The topological polar surface area (TPSA) is 101 Å². The molecule has 0 fully saturated rings. The zero-order valence-electron chi connectivity index (χ0n) is 16.9. The number of unbranched alkanes of at least 4 members (excludes halogenated alkanes) is 2. The van der Waals surface area contributed by atoms with Gasteiger partial charge in [-0.2, -0.15) is 0 Å². The van der Waals surface area contributed by atoms with E-state index in [1.165, 1.54) is 11.3 Å². The third-order valence-electron chi connectivity index (χ3n) is 4.47. The number of carbonyl (C=O) groups is 2. The largest absolute Gasteiger partial charge is 0.351 e. The summed E-state index contributed by atoms with van der Waals surface area (Å²) in [4.78, 5) is 28.9. The minimum absolute atomic E-state index is 0.0538. The van der Waals surface area contributed by atoms with Crippen molar-refractivity contribution in [2.75, 3.05) is 11.9 Å². The first kappa shape index (κ1) is 20.9. The normalized spacial score (nSPS) is 11.2. The Kier molecular flexibility index (Phi) is 6.92. The Labute approximate surface area is 173 Å². The van der Waals surface area contributed by atoms with E-state index in [-0.39, 0.29) is 11.8 Å². The molecule has 0 saturated heterocycles. The summed E-state index contributed by atoms with van der Waals surface area (Å²) in [5, 5.41) is 15.3. The van der Waals surface area contributed by atoms with E-state index in [0.29, 0.717) is 35.4 Å². The van der Waals surface area contributed by atoms with Crippen LogP contribution in [0.2, 0.25) is 0 Å². The van der Waals surface area contributed by atoms with Gasteiger partial charge in [-0.1, -0.05) is 37.7 Å². The Hall–Kier alpha value is -2.81. The summed E-state index contributed by atoms with van der Waals surface area (Å²) < 4.78 is 1.80. The molecular formula is C20H26N6O2S. The van der Waals surface area contributed by atoms with Crippen molar-refractivity contribution in [1.29, 1.82) is 0 Å². The molecule has 0 atom stereocenters. The van der Waals surface area contributed by atoms with E-state index in [1.807, 2.05) is 45.2 Å². The maximum absolute atomic E-state index is 12.5. The average Bonchev–Trinajstić information content (AvgIpc) is 3.27. The molecule has 0 aliphatic heterocycles. The van der Waals surface area contributed by atoms with E-state index in [4.69, 9.17) is 0 Å². The quantitative estimate of drug-likeness (QED) is 0.522. The van der Waals surface area contributed by atoms with Gasteiger partial charge in [-0.05, 0) is 31.9 Å². The highest BCUT2D eigenvalue weighted by molar-refractivity contribution is 7.15. The fourth-order valence-corrected chi connectivity index (χ4v) is 3.72. The van der Waals surface area contributed by atoms with Gasteiger partial charge < -0.3 is 10.6 Å². The Morgan fingerprint density at radius 3 is 2.76 bits per heavy atom. The molecule has 0 spiro atoms. The number of anilines is 1. The van der Waals surface area contributed by atoms with Gasteiger partial charge in [0.25, 0.3) is 5.91 Å². The van der Waals surface area contributed by atoms with E-state index in [2.05, 4.69) is 25.8 Å². The number of hydrogen-bond donors (Lipinski definition) is 2. The molecule has 3 aromatic heterocycles. The summed E-state index contributed by atoms with van der Waals surface area (Å²) >= 11 is 1.41. The van der Waals surface area contributed by atoms with Gasteiger partial charge in [0.15, 0.2) is 0 Å². The van der Waals surface area contributed by atoms with Crippen molar-refractivity contribution < 1.29 is 9.59 Å². The number of aryl methyl sites for hydroxylation is 1. The number of nitrogens with zero attached hydrogens (tertiary/aromatic N) is 4. The number of aromatic nitrogens is 4. The highest BCUT2D eigenvalue weighted by Crippen LogP contribution is 2.22. The zero-order valence-corrected chi connectivity index (χ0v) is 17.8. The highest BCUT2D eigenvalue weighted by atomic mass is 32.1. The average molecular weight is 415 g/mol. The van der Waals surface area contributed by atoms with Crippen LogP contribution in [0.15, 0.2) is 24.4 Å². The maximum Gasteiger partial charge on any atom is 0.270 e. The maximum atomic E-state index is 12.5. The Morgan fingerprint density at radius 1 is 1.17 bits per heavy atom. The number of rotatable bonds is 9. The van der Waals surface area contributed by atoms with Crippen LogP contribution in [-0.2, 0) is 4.79 Å². The van der Waals surface area contributed by atoms with Crippen LogP contribution in [0.4, 0.5) is 5.13 Å². The second-order valence-corrected chi connectivity index (χ2v) is 8.20. The van der Waals surface area contributed by atoms with Crippen LogP contribution in [0.25, 0.3) is 5.65 Å². The molecule has 3 heterocycles. The molecule has 2 amide bonds. The smallest absolute Gasteiger partial charge is 0.270 e. The Morgan fingerprint density at radius 2 is 2.00 bits per heavy atom. The van der Waals surface area contributed by atoms with Gasteiger partial charge in [-0.15, -0.1) is 10.2 Å². The second kappa shape index (κ2) is 9.60. The first-order chi connectivity index (χ1) is 14.0. The molecule has 0 unspecified atom stereocenters. The van der Waals surface area contributed by atoms with Crippen LogP contribution < -0.4 is 10.6 Å². The SMILES string of the molecule is Cc1nc2ccccn2c1C(=O)NCCCCCC(=O)Nc1nnc(C(C)C)s1. The predicted octanol–water partition coefficient (Wildman–Crippen LogP) is 3.55. The number of amides is 2. The predicted molar refractivity (Wildman–Crippen MR) is 113 cm³/mol. The number of nitrogens with one attached hydrogen (secondary N) is 2. The van der Waals surface area contributed by atoms with Gasteiger partial charge >= 0.3 is 0 Å². The molecule has 2 N–H and O–H groups in total. The number of imidazole rings is 1. The molecule has 8 nitrogen and oxygen atoms in total. The second-order valence-electron chi connectivity index (χ2n) is 7.19. The van der Waals surface area contributed by atoms with Gasteiger partial charge in [0.2, 0.25) is 11.0 Å². The fourth-order valence-electron chi connectivity index (χ4n) is 2.96. The van der Waals surface area contributed by atoms with Crippen molar-refractivity contribution >= 4 is 33.9 Å². The molecule has 9 heteroatoms. The molecule has 0 aliphatic carbocycles. The number of carbonyl (C=O) groups excluding carboxylic acids is 2. The third kappa shape index (κ3) is 5.38. The van der Waals surface area contributed by atoms with Gasteiger partial charge in [0.1, 0.15) is 16.3 Å². The summed E-state index contributed by atoms with van der Waals surface area (Å²) in [5.41, 5.74) is 2.04. The van der Waals surface area contributed by atoms with Crippen molar-refractivity contribution in [2.24, 2.45) is 0 Å². The van der Waals surface area contributed by atoms with Gasteiger partial charge in [-0.25, -0.2) is 4.98 Å². The lowest BCUT2D eigenvalue weighted by molar-refractivity contribution is -0.116. The van der Waals surface area contributed by atoms with Crippen LogP contribution in [0.1, 0.15) is 66.6 Å². The molecule has 0 radical (unpaired) electrons. The standard InChI is InChI=1S/C20H26N6O2S/c1-13(2)19-24-25-20(29-19)23-16(27)10-5-4-7-11-21-18(28)17-14(3)22-15-9-6-8-12-26(15)17/h6,8-9,12-13H,4-5,7,10-11H2,1-3H3,(H,21,28)(H,23,25,27). The summed E-state index contributed by atoms with van der Waals surface area (Å²) in [6.45, 7) is 6.49. The molecule has 0 aromatic carbocycles. The molecule has 3 aromatic rings. The van der Waals surface area contributed by atoms with Crippen molar-refractivity contribution in [2.45, 2.75) is 52.4 Å². The molecule has 154 valence electrons. The summed E-state index contributed by atoms with van der Waals surface area (Å²) in [5.74, 6) is 0.121. The number of hydrogen-bond acceptors (Lipinski definition) is 6. The number of fused-ring (bicyclic) bond motifs is 1. The molecular weight excluding hydrogens is 388 g/mol. The van der Waals surface area contributed by atoms with Gasteiger partial charge in [0.05, 0.1) is 5.69 Å². The molecule has 3 rings (SSSR count). The minimum atomic E-state index is -0.129. The third-order valence-corrected chi connectivity index (χ3v) is 5.61. The Balaban J connectivity index is 1.35. The van der Waals surface area contributed by atoms with Gasteiger partial charge in [0, 0.05) is 25.1 Å². The van der Waals surface area contributed by atoms with E-state index in [1.54, 1.807) is 4.40 Å². The number of pyridine rings is 1. The first-order valence-corrected chi connectivity index (χ1v) is 10.6. The van der Waals surface area contributed by atoms with Crippen molar-refractivity contribution in [3.8, 4) is 0 Å². The molecule has 0 bridgehead atoms. The fraction of sp³-hybridized carbons (Fsp3) is 0.450. The molecule has 0 saturated carbocycles. The van der Waals surface area contributed by atoms with Crippen molar-refractivity contribution in [3.63, 3.8) is 0 Å². The Bertz CT molecular complexity index is 994. The van der Waals surface area contributed by atoms with Crippen molar-refractivity contribution in [1.82, 2.24) is 24.9 Å². The van der Waals surface area contributed by atoms with Crippen LogP contribution in [0.5, 0.6) is 0 Å². The summed E-state index contributed by atoms with van der Waals surface area (Å²) in [6, 6.07) is 5.65. The van der Waals surface area contributed by atoms with E-state index >= 15 is 0 Å². The minimum Gasteiger partial charge on any atom is -0.351 e. The van der Waals surface area contributed by atoms with Crippen LogP contribution >= 0.6 is 11.3 Å². The molecule has 0 aliphatic rings. The lowest BCUT2D eigenvalue weighted by Crippen LogP contribution is -2.26. The van der Waals surface area contributed by atoms with E-state index in [0.717, 1.165) is 29.9 Å². The van der Waals surface area contributed by atoms with Crippen LogP contribution in [-0.4, -0.2) is 37.9 Å². The first-order valence-electron chi connectivity index (χ1n) is 9.81. The summed E-state index contributed by atoms with van der Waals surface area (Å²) in [7, 11) is 0.